The third-order valence-electron chi connectivity index (χ3n) is 2.31. The molecule has 0 atom stereocenters. The van der Waals surface area contributed by atoms with E-state index in [2.05, 4.69) is 15.9 Å². The van der Waals surface area contributed by atoms with Crippen molar-refractivity contribution in [3.63, 3.8) is 0 Å². The van der Waals surface area contributed by atoms with Crippen molar-refractivity contribution in [2.45, 2.75) is 6.54 Å². The van der Waals surface area contributed by atoms with E-state index in [-0.39, 0.29) is 5.56 Å². The van der Waals surface area contributed by atoms with Crippen molar-refractivity contribution >= 4 is 39.1 Å². The van der Waals surface area contributed by atoms with Gasteiger partial charge in [-0.05, 0) is 45.8 Å². The van der Waals surface area contributed by atoms with Crippen LogP contribution in [-0.2, 0) is 6.54 Å². The van der Waals surface area contributed by atoms with Crippen molar-refractivity contribution in [1.82, 2.24) is 4.57 Å². The van der Waals surface area contributed by atoms with Crippen molar-refractivity contribution in [3.05, 3.63) is 67.0 Å². The second kappa shape index (κ2) is 5.25. The van der Waals surface area contributed by atoms with E-state index in [0.717, 1.165) is 5.56 Å². The molecule has 1 aromatic heterocycles. The van der Waals surface area contributed by atoms with Crippen LogP contribution in [0.25, 0.3) is 0 Å². The molecule has 0 amide bonds. The average molecular weight is 333 g/mol. The number of hydrogen-bond acceptors (Lipinski definition) is 1. The maximum absolute atomic E-state index is 11.8. The van der Waals surface area contributed by atoms with Crippen LogP contribution in [0.15, 0.2) is 45.8 Å². The molecule has 2 aromatic rings. The maximum Gasteiger partial charge on any atom is 0.265 e. The summed E-state index contributed by atoms with van der Waals surface area (Å²) in [6.45, 7) is 0.467. The molecule has 0 aliphatic heterocycles. The molecule has 0 aliphatic rings. The van der Waals surface area contributed by atoms with Gasteiger partial charge in [0.15, 0.2) is 0 Å². The van der Waals surface area contributed by atoms with E-state index in [1.165, 1.54) is 0 Å². The van der Waals surface area contributed by atoms with Gasteiger partial charge < -0.3 is 4.57 Å². The first kappa shape index (κ1) is 12.7. The van der Waals surface area contributed by atoms with Crippen LogP contribution in [0.4, 0.5) is 0 Å². The second-order valence-corrected chi connectivity index (χ2v) is 5.21. The van der Waals surface area contributed by atoms with E-state index in [4.69, 9.17) is 23.2 Å². The van der Waals surface area contributed by atoms with Crippen molar-refractivity contribution in [3.8, 4) is 0 Å². The van der Waals surface area contributed by atoms with Crippen LogP contribution in [0.1, 0.15) is 5.56 Å². The Morgan fingerprint density at radius 2 is 1.94 bits per heavy atom. The highest BCUT2D eigenvalue weighted by molar-refractivity contribution is 9.10. The van der Waals surface area contributed by atoms with Crippen LogP contribution in [0, 0.1) is 0 Å². The minimum atomic E-state index is -0.0708. The highest BCUT2D eigenvalue weighted by atomic mass is 79.9. The van der Waals surface area contributed by atoms with Gasteiger partial charge in [-0.15, -0.1) is 0 Å². The molecule has 0 N–H and O–H groups in total. The summed E-state index contributed by atoms with van der Waals surface area (Å²) in [5.74, 6) is 0. The predicted molar refractivity (Wildman–Crippen MR) is 74.0 cm³/mol. The number of rotatable bonds is 2. The first-order valence-electron chi connectivity index (χ1n) is 4.87. The van der Waals surface area contributed by atoms with Crippen molar-refractivity contribution in [1.29, 1.82) is 0 Å². The van der Waals surface area contributed by atoms with Crippen LogP contribution in [-0.4, -0.2) is 4.57 Å². The fourth-order valence-electron chi connectivity index (χ4n) is 1.47. The summed E-state index contributed by atoms with van der Waals surface area (Å²) >= 11 is 15.0. The number of aromatic nitrogens is 1. The molecule has 0 bridgehead atoms. The van der Waals surface area contributed by atoms with Gasteiger partial charge >= 0.3 is 0 Å². The molecule has 0 unspecified atom stereocenters. The number of pyridine rings is 1. The number of halogens is 3. The molecule has 88 valence electrons. The van der Waals surface area contributed by atoms with Gasteiger partial charge in [-0.1, -0.05) is 29.3 Å². The zero-order chi connectivity index (χ0) is 12.4. The lowest BCUT2D eigenvalue weighted by atomic mass is 10.2. The molecule has 0 radical (unpaired) electrons. The molecule has 17 heavy (non-hydrogen) atoms. The number of hydrogen-bond donors (Lipinski definition) is 0. The average Bonchev–Trinajstić information content (AvgIpc) is 2.30. The third-order valence-corrected chi connectivity index (χ3v) is 3.65. The molecule has 2 rings (SSSR count). The topological polar surface area (TPSA) is 22.0 Å². The van der Waals surface area contributed by atoms with E-state index in [0.29, 0.717) is 21.1 Å². The molecule has 2 nitrogen and oxygen atoms in total. The Morgan fingerprint density at radius 1 is 1.18 bits per heavy atom. The smallest absolute Gasteiger partial charge is 0.265 e. The van der Waals surface area contributed by atoms with Gasteiger partial charge in [0.2, 0.25) is 0 Å². The molecule has 1 heterocycles. The van der Waals surface area contributed by atoms with Gasteiger partial charge in [-0.25, -0.2) is 0 Å². The van der Waals surface area contributed by atoms with Gasteiger partial charge in [0.25, 0.3) is 5.56 Å². The Balaban J connectivity index is 2.35. The van der Waals surface area contributed by atoms with Crippen molar-refractivity contribution in [2.75, 3.05) is 0 Å². The van der Waals surface area contributed by atoms with Crippen LogP contribution in [0.3, 0.4) is 0 Å². The third kappa shape index (κ3) is 2.92. The normalized spacial score (nSPS) is 10.5. The highest BCUT2D eigenvalue weighted by Crippen LogP contribution is 2.22. The van der Waals surface area contributed by atoms with Crippen LogP contribution >= 0.6 is 39.1 Å². The zero-order valence-electron chi connectivity index (χ0n) is 8.66. The molecule has 0 saturated carbocycles. The summed E-state index contributed by atoms with van der Waals surface area (Å²) < 4.78 is 2.14. The van der Waals surface area contributed by atoms with Crippen molar-refractivity contribution < 1.29 is 0 Å². The summed E-state index contributed by atoms with van der Waals surface area (Å²) in [7, 11) is 0. The summed E-state index contributed by atoms with van der Waals surface area (Å²) in [6.07, 6.45) is 1.73. The van der Waals surface area contributed by atoms with Gasteiger partial charge in [0.05, 0.1) is 21.1 Å². The Bertz CT molecular complexity index is 610. The molecular weight excluding hydrogens is 325 g/mol. The zero-order valence-corrected chi connectivity index (χ0v) is 11.8. The lowest BCUT2D eigenvalue weighted by molar-refractivity contribution is 0.755. The summed E-state index contributed by atoms with van der Waals surface area (Å²) in [5, 5.41) is 1.00. The SMILES string of the molecule is O=c1c(Br)cccn1Cc1ccc(Cl)c(Cl)c1. The molecule has 0 fully saturated rings. The fraction of sp³-hybridized carbons (Fsp3) is 0.0833. The molecule has 5 heteroatoms. The van der Waals surface area contributed by atoms with Crippen LogP contribution in [0.5, 0.6) is 0 Å². The predicted octanol–water partition coefficient (Wildman–Crippen LogP) is 3.97. The van der Waals surface area contributed by atoms with Gasteiger partial charge in [0, 0.05) is 6.20 Å². The van der Waals surface area contributed by atoms with E-state index < -0.39 is 0 Å². The first-order valence-corrected chi connectivity index (χ1v) is 6.41. The Labute approximate surface area is 117 Å². The Morgan fingerprint density at radius 3 is 2.65 bits per heavy atom. The molecule has 0 saturated heterocycles. The van der Waals surface area contributed by atoms with E-state index >= 15 is 0 Å². The minimum Gasteiger partial charge on any atom is -0.310 e. The van der Waals surface area contributed by atoms with Crippen LogP contribution in [0.2, 0.25) is 10.0 Å². The number of benzene rings is 1. The molecular formula is C12H8BrCl2NO. The quantitative estimate of drug-likeness (QED) is 0.815. The largest absolute Gasteiger partial charge is 0.310 e. The summed E-state index contributed by atoms with van der Waals surface area (Å²) in [5.41, 5.74) is 0.859. The highest BCUT2D eigenvalue weighted by Gasteiger charge is 2.03. The lowest BCUT2D eigenvalue weighted by Gasteiger charge is -2.07. The number of nitrogens with zero attached hydrogens (tertiary/aromatic N) is 1. The second-order valence-electron chi connectivity index (χ2n) is 3.54. The minimum absolute atomic E-state index is 0.0708. The van der Waals surface area contributed by atoms with E-state index in [1.54, 1.807) is 29.0 Å². The Kier molecular flexibility index (Phi) is 3.92. The van der Waals surface area contributed by atoms with Crippen molar-refractivity contribution in [2.24, 2.45) is 0 Å². The first-order chi connectivity index (χ1) is 8.08. The molecule has 0 spiro atoms. The summed E-state index contributed by atoms with van der Waals surface area (Å²) in [4.78, 5) is 11.8. The molecule has 0 aliphatic carbocycles. The lowest BCUT2D eigenvalue weighted by Crippen LogP contribution is -2.20. The van der Waals surface area contributed by atoms with Gasteiger partial charge in [-0.3, -0.25) is 4.79 Å². The maximum atomic E-state index is 11.8. The molecule has 1 aromatic carbocycles. The van der Waals surface area contributed by atoms with Gasteiger partial charge in [0.1, 0.15) is 0 Å². The van der Waals surface area contributed by atoms with Gasteiger partial charge in [-0.2, -0.15) is 0 Å². The van der Waals surface area contributed by atoms with E-state index in [9.17, 15) is 4.79 Å². The summed E-state index contributed by atoms with van der Waals surface area (Å²) in [6, 6.07) is 8.86. The monoisotopic (exact) mass is 331 g/mol. The standard InChI is InChI=1S/C12H8BrCl2NO/c13-9-2-1-5-16(12(9)17)7-8-3-4-10(14)11(15)6-8/h1-6H,7H2. The Hall–Kier alpha value is -0.770. The van der Waals surface area contributed by atoms with E-state index in [1.807, 2.05) is 12.1 Å². The fourth-order valence-corrected chi connectivity index (χ4v) is 2.17. The van der Waals surface area contributed by atoms with Crippen LogP contribution < -0.4 is 5.56 Å².